The minimum absolute atomic E-state index is 0.0618. The summed E-state index contributed by atoms with van der Waals surface area (Å²) in [5.41, 5.74) is 7.04. The van der Waals surface area contributed by atoms with Crippen molar-refractivity contribution in [2.45, 2.75) is 38.3 Å². The fourth-order valence-electron chi connectivity index (χ4n) is 3.66. The zero-order valence-electron chi connectivity index (χ0n) is 15.5. The van der Waals surface area contributed by atoms with Gasteiger partial charge in [0.25, 0.3) is 0 Å². The lowest BCUT2D eigenvalue weighted by Gasteiger charge is -2.26. The van der Waals surface area contributed by atoms with Crippen molar-refractivity contribution in [2.75, 3.05) is 39.5 Å². The highest BCUT2D eigenvalue weighted by atomic mass is 16.5. The molecule has 0 spiro atoms. The molecule has 1 aliphatic heterocycles. The number of carbonyl (C=O) groups excluding carboxylic acids is 1. The molecule has 144 valence electrons. The number of benzene rings is 1. The first-order valence-electron chi connectivity index (χ1n) is 9.76. The monoisotopic (exact) mass is 361 g/mol. The number of rotatable bonds is 7. The van der Waals surface area contributed by atoms with Crippen molar-refractivity contribution in [1.82, 2.24) is 10.2 Å². The second-order valence-electron chi connectivity index (χ2n) is 7.29. The third-order valence-corrected chi connectivity index (χ3v) is 5.23. The van der Waals surface area contributed by atoms with E-state index in [0.717, 1.165) is 69.8 Å². The van der Waals surface area contributed by atoms with Crippen LogP contribution in [-0.4, -0.2) is 56.3 Å². The van der Waals surface area contributed by atoms with E-state index in [9.17, 15) is 4.79 Å². The predicted octanol–water partition coefficient (Wildman–Crippen LogP) is 1.53. The lowest BCUT2D eigenvalue weighted by molar-refractivity contribution is -0.126. The van der Waals surface area contributed by atoms with Crippen LogP contribution in [0.25, 0.3) is 0 Å². The molecule has 2 aliphatic rings. The SMILES string of the molecule is NC1CCCC(C(=O)NCc2cccc(OCCN3CCOCC3)c2)C1. The quantitative estimate of drug-likeness (QED) is 0.770. The number of hydrogen-bond donors (Lipinski definition) is 2. The van der Waals surface area contributed by atoms with Gasteiger partial charge in [-0.2, -0.15) is 0 Å². The van der Waals surface area contributed by atoms with Crippen LogP contribution in [0.1, 0.15) is 31.2 Å². The van der Waals surface area contributed by atoms with Crippen LogP contribution in [0.5, 0.6) is 5.75 Å². The summed E-state index contributed by atoms with van der Waals surface area (Å²) in [7, 11) is 0. The van der Waals surface area contributed by atoms with Crippen LogP contribution in [-0.2, 0) is 16.1 Å². The van der Waals surface area contributed by atoms with E-state index >= 15 is 0 Å². The summed E-state index contributed by atoms with van der Waals surface area (Å²) in [6.45, 7) is 5.66. The van der Waals surface area contributed by atoms with E-state index in [0.29, 0.717) is 13.2 Å². The number of ether oxygens (including phenoxy) is 2. The Kier molecular flexibility index (Phi) is 7.29. The Morgan fingerprint density at radius 2 is 2.15 bits per heavy atom. The van der Waals surface area contributed by atoms with Crippen LogP contribution < -0.4 is 15.8 Å². The lowest BCUT2D eigenvalue weighted by atomic mass is 9.85. The van der Waals surface area contributed by atoms with Crippen molar-refractivity contribution < 1.29 is 14.3 Å². The van der Waals surface area contributed by atoms with Crippen LogP contribution in [0, 0.1) is 5.92 Å². The molecule has 2 atom stereocenters. The van der Waals surface area contributed by atoms with Crippen molar-refractivity contribution in [2.24, 2.45) is 11.7 Å². The Bertz CT molecular complexity index is 575. The number of amides is 1. The Balaban J connectivity index is 1.41. The maximum Gasteiger partial charge on any atom is 0.223 e. The summed E-state index contributed by atoms with van der Waals surface area (Å²) < 4.78 is 11.2. The Hall–Kier alpha value is -1.63. The number of nitrogens with zero attached hydrogens (tertiary/aromatic N) is 1. The molecule has 3 rings (SSSR count). The van der Waals surface area contributed by atoms with Crippen molar-refractivity contribution >= 4 is 5.91 Å². The number of morpholine rings is 1. The molecule has 3 N–H and O–H groups in total. The molecule has 1 aromatic carbocycles. The minimum Gasteiger partial charge on any atom is -0.492 e. The van der Waals surface area contributed by atoms with Gasteiger partial charge < -0.3 is 20.5 Å². The van der Waals surface area contributed by atoms with Gasteiger partial charge in [0, 0.05) is 38.1 Å². The average molecular weight is 361 g/mol. The van der Waals surface area contributed by atoms with E-state index in [1.165, 1.54) is 0 Å². The maximum absolute atomic E-state index is 12.3. The minimum atomic E-state index is 0.0618. The van der Waals surface area contributed by atoms with E-state index in [-0.39, 0.29) is 17.9 Å². The highest BCUT2D eigenvalue weighted by molar-refractivity contribution is 5.78. The van der Waals surface area contributed by atoms with E-state index in [4.69, 9.17) is 15.2 Å². The summed E-state index contributed by atoms with van der Waals surface area (Å²) in [5.74, 6) is 1.04. The van der Waals surface area contributed by atoms with Crippen LogP contribution in [0.2, 0.25) is 0 Å². The molecule has 1 saturated carbocycles. The van der Waals surface area contributed by atoms with E-state index < -0.39 is 0 Å². The van der Waals surface area contributed by atoms with E-state index in [1.54, 1.807) is 0 Å². The third kappa shape index (κ3) is 5.97. The van der Waals surface area contributed by atoms with E-state index in [2.05, 4.69) is 10.2 Å². The molecular formula is C20H31N3O3. The average Bonchev–Trinajstić information content (AvgIpc) is 2.67. The maximum atomic E-state index is 12.3. The van der Waals surface area contributed by atoms with Crippen molar-refractivity contribution in [3.63, 3.8) is 0 Å². The standard InChI is InChI=1S/C20H31N3O3/c21-18-5-2-4-17(14-18)20(24)22-15-16-3-1-6-19(13-16)26-12-9-23-7-10-25-11-8-23/h1,3,6,13,17-18H,2,4-5,7-12,14-15,21H2,(H,22,24). The first kappa shape index (κ1) is 19.1. The number of carbonyl (C=O) groups is 1. The highest BCUT2D eigenvalue weighted by Crippen LogP contribution is 2.23. The largest absolute Gasteiger partial charge is 0.492 e. The van der Waals surface area contributed by atoms with Crippen LogP contribution >= 0.6 is 0 Å². The molecule has 1 saturated heterocycles. The fourth-order valence-corrected chi connectivity index (χ4v) is 3.66. The molecular weight excluding hydrogens is 330 g/mol. The first-order valence-corrected chi connectivity index (χ1v) is 9.76. The zero-order valence-corrected chi connectivity index (χ0v) is 15.5. The second-order valence-corrected chi connectivity index (χ2v) is 7.29. The van der Waals surface area contributed by atoms with Crippen molar-refractivity contribution in [3.8, 4) is 5.75 Å². The first-order chi connectivity index (χ1) is 12.7. The van der Waals surface area contributed by atoms with Crippen molar-refractivity contribution in [1.29, 1.82) is 0 Å². The van der Waals surface area contributed by atoms with Gasteiger partial charge in [0.15, 0.2) is 0 Å². The van der Waals surface area contributed by atoms with Gasteiger partial charge in [-0.1, -0.05) is 18.6 Å². The molecule has 1 aromatic rings. The molecule has 1 heterocycles. The molecule has 2 unspecified atom stereocenters. The van der Waals surface area contributed by atoms with Gasteiger partial charge in [0.1, 0.15) is 12.4 Å². The van der Waals surface area contributed by atoms with Gasteiger partial charge in [0.2, 0.25) is 5.91 Å². The van der Waals surface area contributed by atoms with Gasteiger partial charge in [0.05, 0.1) is 13.2 Å². The summed E-state index contributed by atoms with van der Waals surface area (Å²) in [6.07, 6.45) is 3.83. The Morgan fingerprint density at radius 1 is 1.31 bits per heavy atom. The number of hydrogen-bond acceptors (Lipinski definition) is 5. The molecule has 6 heteroatoms. The highest BCUT2D eigenvalue weighted by Gasteiger charge is 2.24. The molecule has 2 fully saturated rings. The van der Waals surface area contributed by atoms with E-state index in [1.807, 2.05) is 24.3 Å². The summed E-state index contributed by atoms with van der Waals surface area (Å²) in [5, 5.41) is 3.05. The Labute approximate surface area is 156 Å². The molecule has 0 bridgehead atoms. The van der Waals surface area contributed by atoms with Crippen molar-refractivity contribution in [3.05, 3.63) is 29.8 Å². The van der Waals surface area contributed by atoms with Crippen LogP contribution in [0.3, 0.4) is 0 Å². The van der Waals surface area contributed by atoms with Gasteiger partial charge in [-0.15, -0.1) is 0 Å². The third-order valence-electron chi connectivity index (χ3n) is 5.23. The topological polar surface area (TPSA) is 76.8 Å². The molecule has 1 aliphatic carbocycles. The molecule has 1 amide bonds. The summed E-state index contributed by atoms with van der Waals surface area (Å²) >= 11 is 0. The van der Waals surface area contributed by atoms with Crippen LogP contribution in [0.4, 0.5) is 0 Å². The predicted molar refractivity (Wildman–Crippen MR) is 101 cm³/mol. The second kappa shape index (κ2) is 9.90. The number of nitrogens with one attached hydrogen (secondary N) is 1. The molecule has 0 radical (unpaired) electrons. The summed E-state index contributed by atoms with van der Waals surface area (Å²) in [4.78, 5) is 14.7. The zero-order chi connectivity index (χ0) is 18.2. The normalized spacial score (nSPS) is 24.2. The van der Waals surface area contributed by atoms with Gasteiger partial charge in [-0.05, 0) is 37.0 Å². The molecule has 0 aromatic heterocycles. The molecule has 26 heavy (non-hydrogen) atoms. The van der Waals surface area contributed by atoms with Crippen LogP contribution in [0.15, 0.2) is 24.3 Å². The Morgan fingerprint density at radius 3 is 2.96 bits per heavy atom. The smallest absolute Gasteiger partial charge is 0.223 e. The van der Waals surface area contributed by atoms with Gasteiger partial charge >= 0.3 is 0 Å². The lowest BCUT2D eigenvalue weighted by Crippen LogP contribution is -2.38. The van der Waals surface area contributed by atoms with Gasteiger partial charge in [-0.25, -0.2) is 0 Å². The summed E-state index contributed by atoms with van der Waals surface area (Å²) in [6, 6.07) is 8.13. The molecule has 6 nitrogen and oxygen atoms in total. The number of nitrogens with two attached hydrogens (primary N) is 1. The van der Waals surface area contributed by atoms with Gasteiger partial charge in [-0.3, -0.25) is 9.69 Å². The fraction of sp³-hybridized carbons (Fsp3) is 0.650.